The SMILES string of the molecule is CCOc1cc(CN2CCC(Nc3cc(C)c4ccccc4n3)CC2)cc(OCC)c1-n1cccc1. The van der Waals surface area contributed by atoms with E-state index in [0.29, 0.717) is 19.3 Å². The van der Waals surface area contributed by atoms with Crippen LogP contribution in [0.25, 0.3) is 16.6 Å². The lowest BCUT2D eigenvalue weighted by molar-refractivity contribution is 0.210. The molecular weight excluding hydrogens is 448 g/mol. The van der Waals surface area contributed by atoms with Crippen LogP contribution in [0.3, 0.4) is 0 Å². The summed E-state index contributed by atoms with van der Waals surface area (Å²) in [4.78, 5) is 7.37. The van der Waals surface area contributed by atoms with Gasteiger partial charge < -0.3 is 19.4 Å². The van der Waals surface area contributed by atoms with Crippen LogP contribution in [0.15, 0.2) is 67.0 Å². The summed E-state index contributed by atoms with van der Waals surface area (Å²) < 4.78 is 14.2. The summed E-state index contributed by atoms with van der Waals surface area (Å²) in [6, 6.07) is 19.3. The number of nitrogens with one attached hydrogen (secondary N) is 1. The zero-order chi connectivity index (χ0) is 24.9. The molecule has 4 aromatic rings. The standard InChI is InChI=1S/C30H36N4O2/c1-4-35-27-19-23(20-28(36-5-2)30(27)34-14-8-9-15-34)21-33-16-12-24(13-17-33)31-29-18-22(3)25-10-6-7-11-26(25)32-29/h6-11,14-15,18-20,24H,4-5,12-13,16-17,21H2,1-3H3,(H,31,32). The van der Waals surface area contributed by atoms with Crippen LogP contribution < -0.4 is 14.8 Å². The van der Waals surface area contributed by atoms with Crippen molar-refractivity contribution in [2.75, 3.05) is 31.6 Å². The van der Waals surface area contributed by atoms with E-state index in [1.165, 1.54) is 16.5 Å². The Balaban J connectivity index is 1.26. The van der Waals surface area contributed by atoms with Crippen LogP contribution in [0, 0.1) is 6.92 Å². The lowest BCUT2D eigenvalue weighted by Gasteiger charge is -2.33. The van der Waals surface area contributed by atoms with E-state index in [4.69, 9.17) is 14.5 Å². The second-order valence-electron chi connectivity index (χ2n) is 9.43. The van der Waals surface area contributed by atoms with Gasteiger partial charge in [-0.25, -0.2) is 4.98 Å². The second kappa shape index (κ2) is 11.0. The summed E-state index contributed by atoms with van der Waals surface area (Å²) in [6.07, 6.45) is 6.24. The summed E-state index contributed by atoms with van der Waals surface area (Å²) in [6.45, 7) is 10.4. The number of hydrogen-bond acceptors (Lipinski definition) is 5. The number of aromatic nitrogens is 2. The minimum Gasteiger partial charge on any atom is -0.492 e. The fraction of sp³-hybridized carbons (Fsp3) is 0.367. The first kappa shape index (κ1) is 24.2. The van der Waals surface area contributed by atoms with Crippen molar-refractivity contribution in [1.82, 2.24) is 14.5 Å². The van der Waals surface area contributed by atoms with Crippen LogP contribution in [0.5, 0.6) is 11.5 Å². The largest absolute Gasteiger partial charge is 0.492 e. The molecule has 6 heteroatoms. The molecule has 6 nitrogen and oxygen atoms in total. The van der Waals surface area contributed by atoms with Crippen molar-refractivity contribution in [1.29, 1.82) is 0 Å². The zero-order valence-electron chi connectivity index (χ0n) is 21.5. The molecule has 36 heavy (non-hydrogen) atoms. The minimum absolute atomic E-state index is 0.434. The maximum atomic E-state index is 6.06. The number of hydrogen-bond donors (Lipinski definition) is 1. The molecule has 5 rings (SSSR count). The Bertz CT molecular complexity index is 1270. The molecule has 2 aromatic heterocycles. The van der Waals surface area contributed by atoms with Gasteiger partial charge in [-0.3, -0.25) is 4.90 Å². The van der Waals surface area contributed by atoms with Crippen molar-refractivity contribution in [3.05, 3.63) is 78.1 Å². The van der Waals surface area contributed by atoms with Gasteiger partial charge in [0.05, 0.1) is 18.7 Å². The first-order valence-corrected chi connectivity index (χ1v) is 13.1. The van der Waals surface area contributed by atoms with Gasteiger partial charge in [-0.15, -0.1) is 0 Å². The quantitative estimate of drug-likeness (QED) is 0.306. The number of para-hydroxylation sites is 1. The third kappa shape index (κ3) is 5.34. The van der Waals surface area contributed by atoms with Crippen molar-refractivity contribution < 1.29 is 9.47 Å². The highest BCUT2D eigenvalue weighted by molar-refractivity contribution is 5.83. The third-order valence-corrected chi connectivity index (χ3v) is 6.83. The molecule has 0 atom stereocenters. The molecular formula is C30H36N4O2. The number of rotatable bonds is 9. The highest BCUT2D eigenvalue weighted by Gasteiger charge is 2.22. The van der Waals surface area contributed by atoms with Gasteiger partial charge in [0.2, 0.25) is 0 Å². The number of likely N-dealkylation sites (tertiary alicyclic amines) is 1. The maximum Gasteiger partial charge on any atom is 0.147 e. The number of anilines is 1. The molecule has 2 aromatic carbocycles. The summed E-state index contributed by atoms with van der Waals surface area (Å²) in [5.74, 6) is 2.71. The predicted molar refractivity (Wildman–Crippen MR) is 147 cm³/mol. The zero-order valence-corrected chi connectivity index (χ0v) is 21.5. The highest BCUT2D eigenvalue weighted by atomic mass is 16.5. The molecule has 1 aliphatic heterocycles. The Hall–Kier alpha value is -3.51. The fourth-order valence-corrected chi connectivity index (χ4v) is 5.12. The van der Waals surface area contributed by atoms with E-state index in [9.17, 15) is 0 Å². The second-order valence-corrected chi connectivity index (χ2v) is 9.43. The number of aryl methyl sites for hydroxylation is 1. The van der Waals surface area contributed by atoms with Gasteiger partial charge in [-0.2, -0.15) is 0 Å². The van der Waals surface area contributed by atoms with Gasteiger partial charge in [-0.05, 0) is 81.1 Å². The third-order valence-electron chi connectivity index (χ3n) is 6.83. The number of piperidine rings is 1. The Kier molecular flexibility index (Phi) is 7.42. The predicted octanol–water partition coefficient (Wildman–Crippen LogP) is 6.21. The van der Waals surface area contributed by atoms with E-state index in [0.717, 1.165) is 61.0 Å². The molecule has 0 unspecified atom stereocenters. The van der Waals surface area contributed by atoms with Crippen molar-refractivity contribution in [3.8, 4) is 17.2 Å². The molecule has 3 heterocycles. The lowest BCUT2D eigenvalue weighted by Crippen LogP contribution is -2.38. The molecule has 0 spiro atoms. The van der Waals surface area contributed by atoms with Crippen molar-refractivity contribution in [3.63, 3.8) is 0 Å². The Morgan fingerprint density at radius 2 is 1.58 bits per heavy atom. The van der Waals surface area contributed by atoms with Crippen LogP contribution >= 0.6 is 0 Å². The van der Waals surface area contributed by atoms with Crippen LogP contribution in [0.2, 0.25) is 0 Å². The van der Waals surface area contributed by atoms with Gasteiger partial charge >= 0.3 is 0 Å². The average Bonchev–Trinajstić information content (AvgIpc) is 3.40. The van der Waals surface area contributed by atoms with E-state index < -0.39 is 0 Å². The smallest absolute Gasteiger partial charge is 0.147 e. The van der Waals surface area contributed by atoms with Crippen molar-refractivity contribution in [2.45, 2.75) is 46.2 Å². The maximum absolute atomic E-state index is 6.06. The van der Waals surface area contributed by atoms with Crippen LogP contribution in [0.4, 0.5) is 5.82 Å². The van der Waals surface area contributed by atoms with E-state index in [1.807, 2.05) is 38.4 Å². The lowest BCUT2D eigenvalue weighted by atomic mass is 10.0. The van der Waals surface area contributed by atoms with E-state index in [2.05, 4.69) is 64.2 Å². The summed E-state index contributed by atoms with van der Waals surface area (Å²) in [5, 5.41) is 4.91. The Morgan fingerprint density at radius 1 is 0.917 bits per heavy atom. The monoisotopic (exact) mass is 484 g/mol. The molecule has 0 saturated carbocycles. The van der Waals surface area contributed by atoms with E-state index in [-0.39, 0.29) is 0 Å². The fourth-order valence-electron chi connectivity index (χ4n) is 5.12. The topological polar surface area (TPSA) is 51.6 Å². The van der Waals surface area contributed by atoms with Crippen LogP contribution in [-0.4, -0.2) is 46.8 Å². The number of nitrogens with zero attached hydrogens (tertiary/aromatic N) is 3. The molecule has 1 saturated heterocycles. The molecule has 1 fully saturated rings. The molecule has 0 aliphatic carbocycles. The van der Waals surface area contributed by atoms with E-state index >= 15 is 0 Å². The van der Waals surface area contributed by atoms with Gasteiger partial charge in [0.15, 0.2) is 0 Å². The van der Waals surface area contributed by atoms with E-state index in [1.54, 1.807) is 0 Å². The number of benzene rings is 2. The number of fused-ring (bicyclic) bond motifs is 1. The van der Waals surface area contributed by atoms with Gasteiger partial charge in [-0.1, -0.05) is 18.2 Å². The van der Waals surface area contributed by atoms with Crippen LogP contribution in [0.1, 0.15) is 37.8 Å². The van der Waals surface area contributed by atoms with Gasteiger partial charge in [0.1, 0.15) is 23.0 Å². The first-order valence-electron chi connectivity index (χ1n) is 13.1. The molecule has 0 radical (unpaired) electrons. The Labute approximate surface area is 213 Å². The van der Waals surface area contributed by atoms with Crippen molar-refractivity contribution in [2.24, 2.45) is 0 Å². The molecule has 1 aliphatic rings. The molecule has 0 bridgehead atoms. The first-order chi connectivity index (χ1) is 17.6. The van der Waals surface area contributed by atoms with Gasteiger partial charge in [0.25, 0.3) is 0 Å². The average molecular weight is 485 g/mol. The highest BCUT2D eigenvalue weighted by Crippen LogP contribution is 2.35. The Morgan fingerprint density at radius 3 is 2.25 bits per heavy atom. The normalized spacial score (nSPS) is 14.8. The molecule has 188 valence electrons. The summed E-state index contributed by atoms with van der Waals surface area (Å²) in [7, 11) is 0. The van der Waals surface area contributed by atoms with Crippen molar-refractivity contribution >= 4 is 16.7 Å². The summed E-state index contributed by atoms with van der Waals surface area (Å²) in [5.41, 5.74) is 4.50. The number of pyridine rings is 1. The number of ether oxygens (including phenoxy) is 2. The molecule has 0 amide bonds. The van der Waals surface area contributed by atoms with Crippen LogP contribution in [-0.2, 0) is 6.54 Å². The summed E-state index contributed by atoms with van der Waals surface area (Å²) >= 11 is 0. The minimum atomic E-state index is 0.434. The van der Waals surface area contributed by atoms with Gasteiger partial charge in [0, 0.05) is 43.5 Å². The molecule has 1 N–H and O–H groups in total.